The number of piperidine rings is 1. The summed E-state index contributed by atoms with van der Waals surface area (Å²) in [6.07, 6.45) is 5.82. The minimum absolute atomic E-state index is 0.278. The number of rotatable bonds is 5. The largest absolute Gasteiger partial charge is 0.461 e. The van der Waals surface area contributed by atoms with Gasteiger partial charge in [0.05, 0.1) is 6.26 Å². The topological polar surface area (TPSA) is 118 Å². The summed E-state index contributed by atoms with van der Waals surface area (Å²) in [4.78, 5) is 25.3. The van der Waals surface area contributed by atoms with E-state index in [0.29, 0.717) is 29.2 Å². The molecule has 1 atom stereocenters. The van der Waals surface area contributed by atoms with E-state index < -0.39 is 0 Å². The Hall–Kier alpha value is -3.73. The van der Waals surface area contributed by atoms with E-state index in [1.807, 2.05) is 19.2 Å². The number of hydrogen-bond acceptors (Lipinski definition) is 10. The Morgan fingerprint density at radius 1 is 1.06 bits per heavy atom. The van der Waals surface area contributed by atoms with Gasteiger partial charge in [0.25, 0.3) is 5.78 Å². The van der Waals surface area contributed by atoms with E-state index in [2.05, 4.69) is 51.9 Å². The zero-order chi connectivity index (χ0) is 23.8. The van der Waals surface area contributed by atoms with E-state index >= 15 is 0 Å². The van der Waals surface area contributed by atoms with Gasteiger partial charge in [0, 0.05) is 63.4 Å². The van der Waals surface area contributed by atoms with Crippen molar-refractivity contribution in [3.63, 3.8) is 0 Å². The van der Waals surface area contributed by atoms with Gasteiger partial charge in [0.2, 0.25) is 17.7 Å². The highest BCUT2D eigenvalue weighted by molar-refractivity contribution is 5.53. The first-order valence-corrected chi connectivity index (χ1v) is 12.2. The highest BCUT2D eigenvalue weighted by Gasteiger charge is 2.27. The van der Waals surface area contributed by atoms with E-state index in [4.69, 9.17) is 10.2 Å². The monoisotopic (exact) mass is 474 g/mol. The Labute approximate surface area is 203 Å². The highest BCUT2D eigenvalue weighted by atomic mass is 16.3. The summed E-state index contributed by atoms with van der Waals surface area (Å²) in [6.45, 7) is 9.20. The molecule has 4 aromatic heterocycles. The summed E-state index contributed by atoms with van der Waals surface area (Å²) in [5.74, 6) is 2.93. The molecule has 2 saturated heterocycles. The van der Waals surface area contributed by atoms with Crippen LogP contribution in [0.5, 0.6) is 0 Å². The Morgan fingerprint density at radius 3 is 2.74 bits per heavy atom. The zero-order valence-corrected chi connectivity index (χ0v) is 19.9. The molecular weight excluding hydrogens is 444 g/mol. The number of piperazine rings is 1. The van der Waals surface area contributed by atoms with Gasteiger partial charge < -0.3 is 20.0 Å². The van der Waals surface area contributed by atoms with Crippen LogP contribution in [0.15, 0.2) is 41.1 Å². The number of nitrogens with two attached hydrogens (primary N) is 1. The number of aromatic nitrogens is 6. The lowest BCUT2D eigenvalue weighted by molar-refractivity contribution is 0.205. The molecule has 0 aromatic carbocycles. The van der Waals surface area contributed by atoms with Gasteiger partial charge in [-0.25, -0.2) is 0 Å². The summed E-state index contributed by atoms with van der Waals surface area (Å²) in [5, 5.41) is 4.40. The Kier molecular flexibility index (Phi) is 5.69. The number of anilines is 3. The number of nitrogens with zero attached hydrogens (tertiary/aromatic N) is 9. The molecule has 0 saturated carbocycles. The lowest BCUT2D eigenvalue weighted by Gasteiger charge is -2.40. The summed E-state index contributed by atoms with van der Waals surface area (Å²) < 4.78 is 6.88. The van der Waals surface area contributed by atoms with Crippen LogP contribution in [-0.2, 0) is 0 Å². The van der Waals surface area contributed by atoms with Crippen LogP contribution in [0.25, 0.3) is 17.4 Å². The maximum absolute atomic E-state index is 6.22. The molecule has 0 spiro atoms. The van der Waals surface area contributed by atoms with Crippen molar-refractivity contribution in [1.82, 2.24) is 34.4 Å². The van der Waals surface area contributed by atoms with E-state index in [-0.39, 0.29) is 5.95 Å². The van der Waals surface area contributed by atoms with Crippen LogP contribution in [-0.4, -0.2) is 80.3 Å². The third-order valence-electron chi connectivity index (χ3n) is 6.90. The van der Waals surface area contributed by atoms with Gasteiger partial charge in [0.1, 0.15) is 0 Å². The summed E-state index contributed by atoms with van der Waals surface area (Å²) in [5.41, 5.74) is 8.56. The first kappa shape index (κ1) is 21.8. The maximum atomic E-state index is 6.22. The number of fused-ring (bicyclic) bond motifs is 1. The normalized spacial score (nSPS) is 19.5. The second-order valence-electron chi connectivity index (χ2n) is 9.40. The van der Waals surface area contributed by atoms with Gasteiger partial charge in [-0.1, -0.05) is 0 Å². The lowest BCUT2D eigenvalue weighted by atomic mass is 9.97. The Bertz CT molecular complexity index is 1300. The fourth-order valence-electron chi connectivity index (χ4n) is 5.12. The Morgan fingerprint density at radius 2 is 1.94 bits per heavy atom. The molecule has 0 aliphatic carbocycles. The molecule has 0 amide bonds. The Balaban J connectivity index is 1.10. The SMILES string of the molecule is Cc1cc(N2CCN(CC3CCCN(c4nc(N)n5nc(-c6ccco6)nc5n4)C3)CC2)ccn1. The number of pyridine rings is 1. The van der Waals surface area contributed by atoms with Crippen LogP contribution < -0.4 is 15.5 Å². The maximum Gasteiger partial charge on any atom is 0.259 e. The number of hydrogen-bond donors (Lipinski definition) is 1. The number of furan rings is 1. The molecule has 2 fully saturated rings. The third-order valence-corrected chi connectivity index (χ3v) is 6.90. The predicted octanol–water partition coefficient (Wildman–Crippen LogP) is 2.10. The molecule has 2 aliphatic heterocycles. The van der Waals surface area contributed by atoms with Crippen LogP contribution in [0, 0.1) is 12.8 Å². The molecule has 0 bridgehead atoms. The van der Waals surface area contributed by atoms with Crippen molar-refractivity contribution in [2.45, 2.75) is 19.8 Å². The van der Waals surface area contributed by atoms with Crippen molar-refractivity contribution >= 4 is 23.4 Å². The molecule has 4 aromatic rings. The highest BCUT2D eigenvalue weighted by Crippen LogP contribution is 2.24. The smallest absolute Gasteiger partial charge is 0.259 e. The minimum atomic E-state index is 0.278. The minimum Gasteiger partial charge on any atom is -0.461 e. The molecule has 6 rings (SSSR count). The van der Waals surface area contributed by atoms with Crippen molar-refractivity contribution in [2.75, 3.05) is 61.3 Å². The summed E-state index contributed by atoms with van der Waals surface area (Å²) in [6, 6.07) is 7.89. The van der Waals surface area contributed by atoms with Crippen molar-refractivity contribution < 1.29 is 4.42 Å². The van der Waals surface area contributed by atoms with Gasteiger partial charge >= 0.3 is 0 Å². The molecule has 1 unspecified atom stereocenters. The lowest BCUT2D eigenvalue weighted by Crippen LogP contribution is -2.49. The van der Waals surface area contributed by atoms with E-state index in [1.165, 1.54) is 16.6 Å². The van der Waals surface area contributed by atoms with Crippen molar-refractivity contribution in [2.24, 2.45) is 5.92 Å². The average molecular weight is 475 g/mol. The number of aryl methyl sites for hydroxylation is 1. The number of nitrogen functional groups attached to an aromatic ring is 1. The standard InChI is InChI=1S/C24H30N10O/c1-17-14-19(6-7-26-17)32-11-9-31(10-12-32)15-18-4-2-8-33(16-18)23-28-22(25)34-24(29-23)27-21(30-34)20-5-3-13-35-20/h3,5-7,13-14,18H,2,4,8-12,15-16H2,1H3,(H2,25,27,28,29,30). The van der Waals surface area contributed by atoms with Gasteiger partial charge in [-0.2, -0.15) is 19.5 Å². The van der Waals surface area contributed by atoms with Crippen molar-refractivity contribution in [3.8, 4) is 11.6 Å². The van der Waals surface area contributed by atoms with Gasteiger partial charge in [-0.05, 0) is 49.9 Å². The van der Waals surface area contributed by atoms with Crippen LogP contribution in [0.3, 0.4) is 0 Å². The van der Waals surface area contributed by atoms with E-state index in [1.54, 1.807) is 12.3 Å². The van der Waals surface area contributed by atoms with Crippen molar-refractivity contribution in [3.05, 3.63) is 42.4 Å². The first-order valence-electron chi connectivity index (χ1n) is 12.2. The fraction of sp³-hybridized carbons (Fsp3) is 0.458. The van der Waals surface area contributed by atoms with E-state index in [0.717, 1.165) is 57.9 Å². The second kappa shape index (κ2) is 9.14. The quantitative estimate of drug-likeness (QED) is 0.461. The molecule has 35 heavy (non-hydrogen) atoms. The van der Waals surface area contributed by atoms with Gasteiger partial charge in [-0.15, -0.1) is 5.10 Å². The van der Waals surface area contributed by atoms with Gasteiger partial charge in [-0.3, -0.25) is 9.88 Å². The average Bonchev–Trinajstić information content (AvgIpc) is 3.55. The second-order valence-corrected chi connectivity index (χ2v) is 9.40. The molecule has 11 heteroatoms. The third kappa shape index (κ3) is 4.51. The van der Waals surface area contributed by atoms with Gasteiger partial charge in [0.15, 0.2) is 5.76 Å². The fourth-order valence-corrected chi connectivity index (χ4v) is 5.12. The molecule has 2 aliphatic rings. The summed E-state index contributed by atoms with van der Waals surface area (Å²) >= 11 is 0. The molecular formula is C24H30N10O. The molecule has 2 N–H and O–H groups in total. The van der Waals surface area contributed by atoms with Crippen LogP contribution >= 0.6 is 0 Å². The van der Waals surface area contributed by atoms with Crippen LogP contribution in [0.2, 0.25) is 0 Å². The zero-order valence-electron chi connectivity index (χ0n) is 19.9. The predicted molar refractivity (Wildman–Crippen MR) is 133 cm³/mol. The summed E-state index contributed by atoms with van der Waals surface area (Å²) in [7, 11) is 0. The van der Waals surface area contributed by atoms with E-state index in [9.17, 15) is 0 Å². The molecule has 182 valence electrons. The van der Waals surface area contributed by atoms with Crippen molar-refractivity contribution in [1.29, 1.82) is 0 Å². The molecule has 6 heterocycles. The molecule has 11 nitrogen and oxygen atoms in total. The van der Waals surface area contributed by atoms with Crippen LogP contribution in [0.4, 0.5) is 17.6 Å². The van der Waals surface area contributed by atoms with Crippen LogP contribution in [0.1, 0.15) is 18.5 Å². The first-order chi connectivity index (χ1) is 17.1. The molecule has 0 radical (unpaired) electrons.